The van der Waals surface area contributed by atoms with Crippen LogP contribution < -0.4 is 10.6 Å². The van der Waals surface area contributed by atoms with E-state index in [4.69, 9.17) is 10.5 Å². The molecule has 2 rings (SSSR count). The van der Waals surface area contributed by atoms with Gasteiger partial charge in [-0.3, -0.25) is 0 Å². The summed E-state index contributed by atoms with van der Waals surface area (Å²) in [6.07, 6.45) is 4.01. The van der Waals surface area contributed by atoms with Crippen molar-refractivity contribution >= 4 is 11.8 Å². The largest absolute Gasteiger partial charge is 0.378 e. The maximum atomic E-state index is 5.41. The predicted octanol–water partition coefficient (Wildman–Crippen LogP) is 1.50. The Bertz CT molecular complexity index is 339. The van der Waals surface area contributed by atoms with Crippen LogP contribution in [0.25, 0.3) is 6.08 Å². The van der Waals surface area contributed by atoms with Crippen molar-refractivity contribution in [3.05, 3.63) is 35.9 Å². The van der Waals surface area contributed by atoms with Gasteiger partial charge in [0.25, 0.3) is 0 Å². The van der Waals surface area contributed by atoms with Crippen molar-refractivity contribution in [3.63, 3.8) is 0 Å². The average Bonchev–Trinajstić information content (AvgIpc) is 2.38. The monoisotopic (exact) mass is 218 g/mol. The topological polar surface area (TPSA) is 38.5 Å². The number of hydrogen-bond donors (Lipinski definition) is 1. The number of anilines is 1. The highest BCUT2D eigenvalue weighted by Crippen LogP contribution is 2.17. The molecule has 1 fully saturated rings. The molecule has 0 radical (unpaired) electrons. The second-order valence-electron chi connectivity index (χ2n) is 3.83. The Morgan fingerprint density at radius 2 is 1.88 bits per heavy atom. The summed E-state index contributed by atoms with van der Waals surface area (Å²) in [4.78, 5) is 2.35. The van der Waals surface area contributed by atoms with Gasteiger partial charge in [0.1, 0.15) is 0 Å². The van der Waals surface area contributed by atoms with E-state index in [1.807, 2.05) is 12.2 Å². The van der Waals surface area contributed by atoms with Crippen LogP contribution in [0.3, 0.4) is 0 Å². The van der Waals surface area contributed by atoms with Gasteiger partial charge in [-0.1, -0.05) is 24.3 Å². The van der Waals surface area contributed by atoms with Crippen molar-refractivity contribution in [2.24, 2.45) is 5.73 Å². The fourth-order valence-electron chi connectivity index (χ4n) is 1.82. The van der Waals surface area contributed by atoms with Gasteiger partial charge < -0.3 is 15.4 Å². The number of nitrogens with two attached hydrogens (primary N) is 1. The first kappa shape index (κ1) is 11.2. The molecule has 0 amide bonds. The average molecular weight is 218 g/mol. The molecular formula is C13H18N2O. The normalized spacial score (nSPS) is 16.9. The molecule has 3 nitrogen and oxygen atoms in total. The molecule has 3 heteroatoms. The third-order valence-electron chi connectivity index (χ3n) is 2.72. The molecule has 1 aromatic carbocycles. The van der Waals surface area contributed by atoms with Crippen LogP contribution in [-0.4, -0.2) is 32.8 Å². The zero-order valence-electron chi connectivity index (χ0n) is 9.43. The van der Waals surface area contributed by atoms with E-state index >= 15 is 0 Å². The first-order chi connectivity index (χ1) is 7.90. The molecule has 16 heavy (non-hydrogen) atoms. The van der Waals surface area contributed by atoms with Gasteiger partial charge in [0.05, 0.1) is 13.2 Å². The van der Waals surface area contributed by atoms with E-state index in [0.717, 1.165) is 26.3 Å². The molecule has 1 aromatic rings. The van der Waals surface area contributed by atoms with Crippen molar-refractivity contribution in [3.8, 4) is 0 Å². The number of rotatable bonds is 3. The highest BCUT2D eigenvalue weighted by atomic mass is 16.5. The van der Waals surface area contributed by atoms with Crippen LogP contribution in [0.4, 0.5) is 5.69 Å². The third-order valence-corrected chi connectivity index (χ3v) is 2.72. The molecule has 1 aliphatic rings. The molecule has 86 valence electrons. The fraction of sp³-hybridized carbons (Fsp3) is 0.385. The SMILES string of the molecule is NCC=Cc1ccc(N2CCOCC2)cc1. The summed E-state index contributed by atoms with van der Waals surface area (Å²) < 4.78 is 5.33. The standard InChI is InChI=1S/C13H18N2O/c14-7-1-2-12-3-5-13(6-4-12)15-8-10-16-11-9-15/h1-6H,7-11,14H2. The zero-order valence-corrected chi connectivity index (χ0v) is 9.43. The first-order valence-electron chi connectivity index (χ1n) is 5.69. The summed E-state index contributed by atoms with van der Waals surface area (Å²) in [5.74, 6) is 0. The van der Waals surface area contributed by atoms with Crippen molar-refractivity contribution in [1.29, 1.82) is 0 Å². The van der Waals surface area contributed by atoms with E-state index in [1.165, 1.54) is 11.3 Å². The van der Waals surface area contributed by atoms with Gasteiger partial charge in [-0.05, 0) is 17.7 Å². The Morgan fingerprint density at radius 1 is 1.19 bits per heavy atom. The maximum Gasteiger partial charge on any atom is 0.0642 e. The second kappa shape index (κ2) is 5.68. The van der Waals surface area contributed by atoms with Gasteiger partial charge >= 0.3 is 0 Å². The van der Waals surface area contributed by atoms with E-state index in [0.29, 0.717) is 6.54 Å². The molecule has 0 bridgehead atoms. The van der Waals surface area contributed by atoms with Gasteiger partial charge in [0, 0.05) is 25.3 Å². The fourth-order valence-corrected chi connectivity index (χ4v) is 1.82. The van der Waals surface area contributed by atoms with Crippen molar-refractivity contribution in [1.82, 2.24) is 0 Å². The zero-order chi connectivity index (χ0) is 11.2. The lowest BCUT2D eigenvalue weighted by Crippen LogP contribution is -2.36. The van der Waals surface area contributed by atoms with Crippen LogP contribution in [0, 0.1) is 0 Å². The molecule has 0 aliphatic carbocycles. The molecule has 1 saturated heterocycles. The summed E-state index contributed by atoms with van der Waals surface area (Å²) >= 11 is 0. The van der Waals surface area contributed by atoms with E-state index in [2.05, 4.69) is 29.2 Å². The molecule has 0 unspecified atom stereocenters. The number of morpholine rings is 1. The van der Waals surface area contributed by atoms with Gasteiger partial charge in [-0.2, -0.15) is 0 Å². The van der Waals surface area contributed by atoms with Gasteiger partial charge in [0.2, 0.25) is 0 Å². The quantitative estimate of drug-likeness (QED) is 0.835. The van der Waals surface area contributed by atoms with Crippen LogP contribution >= 0.6 is 0 Å². The van der Waals surface area contributed by atoms with E-state index in [-0.39, 0.29) is 0 Å². The molecule has 0 spiro atoms. The van der Waals surface area contributed by atoms with E-state index < -0.39 is 0 Å². The third kappa shape index (κ3) is 2.84. The Hall–Kier alpha value is -1.32. The second-order valence-corrected chi connectivity index (χ2v) is 3.83. The summed E-state index contributed by atoms with van der Waals surface area (Å²) in [5, 5.41) is 0. The lowest BCUT2D eigenvalue weighted by molar-refractivity contribution is 0.122. The van der Waals surface area contributed by atoms with Gasteiger partial charge in [0.15, 0.2) is 0 Å². The molecule has 0 atom stereocenters. The lowest BCUT2D eigenvalue weighted by atomic mass is 10.2. The number of nitrogens with zero attached hydrogens (tertiary/aromatic N) is 1. The van der Waals surface area contributed by atoms with Gasteiger partial charge in [-0.15, -0.1) is 0 Å². The first-order valence-corrected chi connectivity index (χ1v) is 5.69. The highest BCUT2D eigenvalue weighted by molar-refractivity contribution is 5.56. The summed E-state index contributed by atoms with van der Waals surface area (Å²) in [6, 6.07) is 8.55. The number of hydrogen-bond acceptors (Lipinski definition) is 3. The molecule has 1 aliphatic heterocycles. The van der Waals surface area contributed by atoms with E-state index in [9.17, 15) is 0 Å². The molecular weight excluding hydrogens is 200 g/mol. The highest BCUT2D eigenvalue weighted by Gasteiger charge is 2.10. The Labute approximate surface area is 96.5 Å². The van der Waals surface area contributed by atoms with Crippen molar-refractivity contribution in [2.45, 2.75) is 0 Å². The van der Waals surface area contributed by atoms with Crippen LogP contribution in [0.15, 0.2) is 30.3 Å². The van der Waals surface area contributed by atoms with E-state index in [1.54, 1.807) is 0 Å². The maximum absolute atomic E-state index is 5.41. The summed E-state index contributed by atoms with van der Waals surface area (Å²) in [6.45, 7) is 4.21. The molecule has 1 heterocycles. The summed E-state index contributed by atoms with van der Waals surface area (Å²) in [7, 11) is 0. The Morgan fingerprint density at radius 3 is 2.50 bits per heavy atom. The smallest absolute Gasteiger partial charge is 0.0642 e. The number of benzene rings is 1. The van der Waals surface area contributed by atoms with Crippen LogP contribution in [0.5, 0.6) is 0 Å². The van der Waals surface area contributed by atoms with Crippen LogP contribution in [-0.2, 0) is 4.74 Å². The van der Waals surface area contributed by atoms with Crippen molar-refractivity contribution in [2.75, 3.05) is 37.7 Å². The minimum Gasteiger partial charge on any atom is -0.378 e. The summed E-state index contributed by atoms with van der Waals surface area (Å²) in [5.41, 5.74) is 7.88. The molecule has 2 N–H and O–H groups in total. The minimum atomic E-state index is 0.589. The number of ether oxygens (including phenoxy) is 1. The molecule has 0 saturated carbocycles. The Balaban J connectivity index is 2.03. The predicted molar refractivity (Wildman–Crippen MR) is 67.6 cm³/mol. The molecule has 0 aromatic heterocycles. The van der Waals surface area contributed by atoms with Gasteiger partial charge in [-0.25, -0.2) is 0 Å². The van der Waals surface area contributed by atoms with Crippen LogP contribution in [0.1, 0.15) is 5.56 Å². The lowest BCUT2D eigenvalue weighted by Gasteiger charge is -2.28. The minimum absolute atomic E-state index is 0.589. The Kier molecular flexibility index (Phi) is 3.97. The van der Waals surface area contributed by atoms with Crippen molar-refractivity contribution < 1.29 is 4.74 Å². The van der Waals surface area contributed by atoms with Crippen LogP contribution in [0.2, 0.25) is 0 Å².